The van der Waals surface area contributed by atoms with Gasteiger partial charge in [0, 0.05) is 44.9 Å². The topological polar surface area (TPSA) is 18.5 Å². The van der Waals surface area contributed by atoms with Crippen molar-refractivity contribution in [3.63, 3.8) is 0 Å². The highest BCUT2D eigenvalue weighted by atomic mass is 15.1. The number of rotatable bonds is 8. The summed E-state index contributed by atoms with van der Waals surface area (Å²) < 4.78 is 0. The van der Waals surface area contributed by atoms with Gasteiger partial charge < -0.3 is 15.1 Å². The van der Waals surface area contributed by atoms with Crippen LogP contribution in [0.5, 0.6) is 0 Å². The van der Waals surface area contributed by atoms with Gasteiger partial charge in [-0.15, -0.1) is 0 Å². The molecule has 49 heavy (non-hydrogen) atoms. The molecule has 0 saturated heterocycles. The van der Waals surface area contributed by atoms with E-state index >= 15 is 0 Å². The Bertz CT molecular complexity index is 2210. The van der Waals surface area contributed by atoms with Gasteiger partial charge >= 0.3 is 0 Å². The molecule has 0 unspecified atom stereocenters. The summed E-state index contributed by atoms with van der Waals surface area (Å²) in [6.45, 7) is 4.29. The number of hydrogen-bond donors (Lipinski definition) is 1. The summed E-state index contributed by atoms with van der Waals surface area (Å²) in [5.74, 6) is 0. The number of nitrogens with one attached hydrogen (secondary N) is 1. The van der Waals surface area contributed by atoms with E-state index < -0.39 is 0 Å². The molecule has 0 radical (unpaired) electrons. The summed E-state index contributed by atoms with van der Waals surface area (Å²) in [7, 11) is 0. The van der Waals surface area contributed by atoms with Gasteiger partial charge in [-0.2, -0.15) is 0 Å². The first-order valence-electron chi connectivity index (χ1n) is 16.8. The number of fused-ring (bicyclic) bond motifs is 2. The normalized spacial score (nSPS) is 11.1. The molecular weight excluding hydrogens is 595 g/mol. The van der Waals surface area contributed by atoms with E-state index in [-0.39, 0.29) is 0 Å². The second-order valence-corrected chi connectivity index (χ2v) is 12.6. The average molecular weight is 632 g/mol. The second kappa shape index (κ2) is 13.1. The lowest BCUT2D eigenvalue weighted by Crippen LogP contribution is -2.11. The van der Waals surface area contributed by atoms with Crippen LogP contribution in [0, 0.1) is 13.8 Å². The minimum Gasteiger partial charge on any atom is -0.356 e. The molecule has 0 saturated carbocycles. The quantitative estimate of drug-likeness (QED) is 0.180. The molecule has 0 fully saturated rings. The van der Waals surface area contributed by atoms with Crippen molar-refractivity contribution in [3.8, 4) is 0 Å². The first-order chi connectivity index (χ1) is 24.1. The summed E-state index contributed by atoms with van der Waals surface area (Å²) in [6, 6.07) is 65.0. The highest BCUT2D eigenvalue weighted by Crippen LogP contribution is 2.41. The maximum atomic E-state index is 3.64. The lowest BCUT2D eigenvalue weighted by atomic mass is 10.1. The molecule has 3 heteroatoms. The van der Waals surface area contributed by atoms with Gasteiger partial charge in [0.25, 0.3) is 0 Å². The van der Waals surface area contributed by atoms with Crippen molar-refractivity contribution in [1.82, 2.24) is 0 Å². The SMILES string of the molecule is Cc1cccc(N(c2ccc(Nc3ccc(N(c4cccc(C)c4)c4cccc5ccccc45)cc3)cc2)c2cccc3ccccc23)c1. The summed E-state index contributed by atoms with van der Waals surface area (Å²) in [4.78, 5) is 4.70. The van der Waals surface area contributed by atoms with Crippen molar-refractivity contribution in [2.24, 2.45) is 0 Å². The average Bonchev–Trinajstić information content (AvgIpc) is 3.14. The van der Waals surface area contributed by atoms with E-state index in [1.807, 2.05) is 0 Å². The molecule has 0 spiro atoms. The fraction of sp³-hybridized carbons (Fsp3) is 0.0435. The van der Waals surface area contributed by atoms with E-state index in [0.29, 0.717) is 0 Å². The van der Waals surface area contributed by atoms with E-state index in [1.165, 1.54) is 32.7 Å². The van der Waals surface area contributed by atoms with E-state index in [4.69, 9.17) is 0 Å². The van der Waals surface area contributed by atoms with Crippen LogP contribution in [0.25, 0.3) is 21.5 Å². The van der Waals surface area contributed by atoms with Gasteiger partial charge in [-0.3, -0.25) is 0 Å². The van der Waals surface area contributed by atoms with Crippen LogP contribution in [0.3, 0.4) is 0 Å². The Labute approximate surface area is 288 Å². The highest BCUT2D eigenvalue weighted by molar-refractivity contribution is 6.00. The van der Waals surface area contributed by atoms with E-state index in [0.717, 1.165) is 45.5 Å². The van der Waals surface area contributed by atoms with Gasteiger partial charge in [0.1, 0.15) is 0 Å². The maximum Gasteiger partial charge on any atom is 0.0540 e. The molecule has 8 aromatic carbocycles. The Kier molecular flexibility index (Phi) is 8.01. The van der Waals surface area contributed by atoms with Gasteiger partial charge in [-0.1, -0.05) is 97.1 Å². The minimum absolute atomic E-state index is 1.03. The summed E-state index contributed by atoms with van der Waals surface area (Å²) in [5.41, 5.74) is 11.3. The zero-order valence-corrected chi connectivity index (χ0v) is 27.7. The van der Waals surface area contributed by atoms with Gasteiger partial charge in [0.05, 0.1) is 11.4 Å². The predicted molar refractivity (Wildman–Crippen MR) is 210 cm³/mol. The molecule has 0 aliphatic carbocycles. The van der Waals surface area contributed by atoms with E-state index in [9.17, 15) is 0 Å². The first kappa shape index (κ1) is 30.0. The Hall–Kier alpha value is -6.32. The van der Waals surface area contributed by atoms with Crippen molar-refractivity contribution in [2.45, 2.75) is 13.8 Å². The number of aryl methyl sites for hydroxylation is 2. The molecule has 236 valence electrons. The number of hydrogen-bond acceptors (Lipinski definition) is 3. The van der Waals surface area contributed by atoms with Crippen molar-refractivity contribution in [1.29, 1.82) is 0 Å². The Morgan fingerprint density at radius 3 is 1.16 bits per heavy atom. The number of nitrogens with zero attached hydrogens (tertiary/aromatic N) is 2. The van der Waals surface area contributed by atoms with Gasteiger partial charge in [-0.25, -0.2) is 0 Å². The van der Waals surface area contributed by atoms with Crippen LogP contribution in [0.4, 0.5) is 45.5 Å². The first-order valence-corrected chi connectivity index (χ1v) is 16.8. The lowest BCUT2D eigenvalue weighted by molar-refractivity contribution is 1.28. The van der Waals surface area contributed by atoms with E-state index in [2.05, 4.69) is 211 Å². The summed E-state index contributed by atoms with van der Waals surface area (Å²) in [5, 5.41) is 8.52. The molecular formula is C46H37N3. The molecule has 8 rings (SSSR count). The molecule has 0 amide bonds. The Balaban J connectivity index is 1.11. The molecule has 3 nitrogen and oxygen atoms in total. The second-order valence-electron chi connectivity index (χ2n) is 12.6. The molecule has 0 aliphatic rings. The van der Waals surface area contributed by atoms with Gasteiger partial charge in [0.2, 0.25) is 0 Å². The van der Waals surface area contributed by atoms with Crippen molar-refractivity contribution >= 4 is 67.0 Å². The number of anilines is 8. The fourth-order valence-corrected chi connectivity index (χ4v) is 6.75. The number of benzene rings is 8. The predicted octanol–water partition coefficient (Wildman–Crippen LogP) is 13.3. The zero-order valence-electron chi connectivity index (χ0n) is 27.7. The Morgan fingerprint density at radius 2 is 0.735 bits per heavy atom. The van der Waals surface area contributed by atoms with Crippen LogP contribution in [-0.2, 0) is 0 Å². The van der Waals surface area contributed by atoms with Crippen LogP contribution < -0.4 is 15.1 Å². The maximum absolute atomic E-state index is 3.64. The van der Waals surface area contributed by atoms with E-state index in [1.54, 1.807) is 0 Å². The molecule has 0 heterocycles. The molecule has 1 N–H and O–H groups in total. The lowest BCUT2D eigenvalue weighted by Gasteiger charge is -2.27. The minimum atomic E-state index is 1.03. The van der Waals surface area contributed by atoms with Crippen LogP contribution >= 0.6 is 0 Å². The third kappa shape index (κ3) is 6.10. The van der Waals surface area contributed by atoms with Gasteiger partial charge in [-0.05, 0) is 121 Å². The van der Waals surface area contributed by atoms with Crippen molar-refractivity contribution in [2.75, 3.05) is 15.1 Å². The van der Waals surface area contributed by atoms with Crippen LogP contribution in [0.15, 0.2) is 182 Å². The molecule has 0 bridgehead atoms. The van der Waals surface area contributed by atoms with Crippen LogP contribution in [0.1, 0.15) is 11.1 Å². The van der Waals surface area contributed by atoms with Gasteiger partial charge in [0.15, 0.2) is 0 Å². The largest absolute Gasteiger partial charge is 0.356 e. The standard InChI is InChI=1S/C46H37N3/c1-33-11-7-17-41(31-33)48(45-21-9-15-35-13-3-5-19-43(35)45)39-27-23-37(24-28-39)47-38-25-29-40(30-26-38)49(42-18-8-12-34(2)32-42)46-22-10-16-36-14-4-6-20-44(36)46/h3-32,47H,1-2H3. The van der Waals surface area contributed by atoms with Crippen LogP contribution in [-0.4, -0.2) is 0 Å². The summed E-state index contributed by atoms with van der Waals surface area (Å²) in [6.07, 6.45) is 0. The van der Waals surface area contributed by atoms with Crippen molar-refractivity contribution < 1.29 is 0 Å². The third-order valence-corrected chi connectivity index (χ3v) is 9.07. The Morgan fingerprint density at radius 1 is 0.347 bits per heavy atom. The van der Waals surface area contributed by atoms with Crippen LogP contribution in [0.2, 0.25) is 0 Å². The molecule has 0 aliphatic heterocycles. The molecule has 0 aromatic heterocycles. The van der Waals surface area contributed by atoms with Crippen molar-refractivity contribution in [3.05, 3.63) is 193 Å². The third-order valence-electron chi connectivity index (χ3n) is 9.07. The molecule has 8 aromatic rings. The smallest absolute Gasteiger partial charge is 0.0540 e. The monoisotopic (exact) mass is 631 g/mol. The highest BCUT2D eigenvalue weighted by Gasteiger charge is 2.17. The summed E-state index contributed by atoms with van der Waals surface area (Å²) >= 11 is 0. The molecule has 0 atom stereocenters. The zero-order chi connectivity index (χ0) is 33.2. The fourth-order valence-electron chi connectivity index (χ4n) is 6.75.